The zero-order valence-electron chi connectivity index (χ0n) is 18.5. The minimum atomic E-state index is -4.38. The number of hydrogen-bond donors (Lipinski definition) is 0. The van der Waals surface area contributed by atoms with Crippen LogP contribution < -0.4 is 4.74 Å². The van der Waals surface area contributed by atoms with Crippen LogP contribution in [0.3, 0.4) is 0 Å². The standard InChI is InChI=1S/C26H35F3O2/c1-2-17-6-8-18(9-7-17)19-10-15-23-20(16-19)4-3-5-24(23)25(30)31-22-13-11-21(12-14-22)26(27,28)29/h11-14,17-20,23-24H,2-10,15-16H2,1H3. The molecule has 172 valence electrons. The molecule has 0 radical (unpaired) electrons. The van der Waals surface area contributed by atoms with E-state index in [2.05, 4.69) is 6.92 Å². The molecule has 5 heteroatoms. The fraction of sp³-hybridized carbons (Fsp3) is 0.731. The highest BCUT2D eigenvalue weighted by Crippen LogP contribution is 2.50. The first-order chi connectivity index (χ1) is 14.8. The predicted molar refractivity (Wildman–Crippen MR) is 114 cm³/mol. The summed E-state index contributed by atoms with van der Waals surface area (Å²) in [6.07, 6.45) is 9.09. The predicted octanol–water partition coefficient (Wildman–Crippen LogP) is 7.66. The number of rotatable bonds is 4. The number of carbonyl (C=O) groups excluding carboxylic acids is 1. The van der Waals surface area contributed by atoms with Gasteiger partial charge in [0.25, 0.3) is 0 Å². The van der Waals surface area contributed by atoms with Crippen molar-refractivity contribution in [3.8, 4) is 5.75 Å². The Bertz CT molecular complexity index is 734. The average Bonchev–Trinajstić information content (AvgIpc) is 2.78. The van der Waals surface area contributed by atoms with Gasteiger partial charge < -0.3 is 4.74 Å². The Balaban J connectivity index is 1.34. The van der Waals surface area contributed by atoms with Gasteiger partial charge in [0, 0.05) is 0 Å². The number of hydrogen-bond acceptors (Lipinski definition) is 2. The van der Waals surface area contributed by atoms with E-state index in [1.54, 1.807) is 0 Å². The van der Waals surface area contributed by atoms with Gasteiger partial charge >= 0.3 is 12.1 Å². The second-order valence-electron chi connectivity index (χ2n) is 10.2. The lowest BCUT2D eigenvalue weighted by atomic mass is 9.59. The molecular weight excluding hydrogens is 401 g/mol. The van der Waals surface area contributed by atoms with Gasteiger partial charge in [0.05, 0.1) is 11.5 Å². The van der Waals surface area contributed by atoms with Crippen molar-refractivity contribution in [2.75, 3.05) is 0 Å². The molecule has 0 heterocycles. The van der Waals surface area contributed by atoms with E-state index in [-0.39, 0.29) is 17.6 Å². The maximum atomic E-state index is 12.9. The number of benzene rings is 1. The van der Waals surface area contributed by atoms with Crippen LogP contribution in [0, 0.1) is 35.5 Å². The van der Waals surface area contributed by atoms with E-state index < -0.39 is 11.7 Å². The maximum Gasteiger partial charge on any atom is 0.416 e. The van der Waals surface area contributed by atoms with Crippen LogP contribution in [-0.4, -0.2) is 5.97 Å². The first-order valence-electron chi connectivity index (χ1n) is 12.2. The number of halogens is 3. The van der Waals surface area contributed by atoms with Gasteiger partial charge in [-0.1, -0.05) is 39.0 Å². The number of alkyl halides is 3. The van der Waals surface area contributed by atoms with Crippen LogP contribution in [-0.2, 0) is 11.0 Å². The lowest BCUT2D eigenvalue weighted by Gasteiger charge is -2.46. The SMILES string of the molecule is CCC1CCC(C2CCC3C(CCCC3C(=O)Oc3ccc(C(F)(F)F)cc3)C2)CC1. The first kappa shape index (κ1) is 22.7. The molecule has 0 spiro atoms. The molecular formula is C26H35F3O2. The molecule has 4 rings (SSSR count). The van der Waals surface area contributed by atoms with Gasteiger partial charge in [0.1, 0.15) is 5.75 Å². The summed E-state index contributed by atoms with van der Waals surface area (Å²) in [5, 5.41) is 0. The summed E-state index contributed by atoms with van der Waals surface area (Å²) in [6, 6.07) is 4.46. The first-order valence-corrected chi connectivity index (χ1v) is 12.2. The van der Waals surface area contributed by atoms with Crippen LogP contribution in [0.5, 0.6) is 5.75 Å². The number of carbonyl (C=O) groups is 1. The van der Waals surface area contributed by atoms with E-state index >= 15 is 0 Å². The molecule has 0 bridgehead atoms. The quantitative estimate of drug-likeness (QED) is 0.358. The van der Waals surface area contributed by atoms with Crippen LogP contribution in [0.15, 0.2) is 24.3 Å². The highest BCUT2D eigenvalue weighted by Gasteiger charge is 2.43. The van der Waals surface area contributed by atoms with Crippen molar-refractivity contribution in [1.82, 2.24) is 0 Å². The maximum absolute atomic E-state index is 12.9. The topological polar surface area (TPSA) is 26.3 Å². The van der Waals surface area contributed by atoms with Crippen LogP contribution in [0.2, 0.25) is 0 Å². The molecule has 3 aliphatic rings. The van der Waals surface area contributed by atoms with Crippen molar-refractivity contribution in [2.45, 2.75) is 83.7 Å². The monoisotopic (exact) mass is 436 g/mol. The highest BCUT2D eigenvalue weighted by atomic mass is 19.4. The van der Waals surface area contributed by atoms with E-state index in [0.717, 1.165) is 49.1 Å². The van der Waals surface area contributed by atoms with Crippen LogP contribution in [0.4, 0.5) is 13.2 Å². The molecule has 3 fully saturated rings. The third-order valence-corrected chi connectivity index (χ3v) is 8.53. The van der Waals surface area contributed by atoms with Gasteiger partial charge in [-0.2, -0.15) is 13.2 Å². The zero-order valence-corrected chi connectivity index (χ0v) is 18.5. The van der Waals surface area contributed by atoms with Crippen molar-refractivity contribution in [2.24, 2.45) is 35.5 Å². The van der Waals surface area contributed by atoms with E-state index in [0.29, 0.717) is 11.8 Å². The summed E-state index contributed by atoms with van der Waals surface area (Å²) in [5.41, 5.74) is -0.726. The average molecular weight is 437 g/mol. The molecule has 0 N–H and O–H groups in total. The summed E-state index contributed by atoms with van der Waals surface area (Å²) < 4.78 is 43.8. The molecule has 31 heavy (non-hydrogen) atoms. The van der Waals surface area contributed by atoms with E-state index in [4.69, 9.17) is 4.74 Å². The van der Waals surface area contributed by atoms with Crippen LogP contribution >= 0.6 is 0 Å². The fourth-order valence-corrected chi connectivity index (χ4v) is 6.69. The van der Waals surface area contributed by atoms with Gasteiger partial charge in [-0.15, -0.1) is 0 Å². The molecule has 2 nitrogen and oxygen atoms in total. The lowest BCUT2D eigenvalue weighted by molar-refractivity contribution is -0.144. The molecule has 4 unspecified atom stereocenters. The van der Waals surface area contributed by atoms with Crippen molar-refractivity contribution < 1.29 is 22.7 Å². The number of fused-ring (bicyclic) bond motifs is 1. The highest BCUT2D eigenvalue weighted by molar-refractivity contribution is 5.75. The summed E-state index contributed by atoms with van der Waals surface area (Å²) >= 11 is 0. The van der Waals surface area contributed by atoms with Crippen molar-refractivity contribution in [3.05, 3.63) is 29.8 Å². The molecule has 0 aliphatic heterocycles. The molecule has 3 saturated carbocycles. The molecule has 0 aromatic heterocycles. The Hall–Kier alpha value is -1.52. The van der Waals surface area contributed by atoms with Gasteiger partial charge in [0.15, 0.2) is 0 Å². The summed E-state index contributed by atoms with van der Waals surface area (Å²) in [6.45, 7) is 2.31. The van der Waals surface area contributed by atoms with Gasteiger partial charge in [0.2, 0.25) is 0 Å². The van der Waals surface area contributed by atoms with Gasteiger partial charge in [-0.3, -0.25) is 4.79 Å². The van der Waals surface area contributed by atoms with Crippen molar-refractivity contribution >= 4 is 5.97 Å². The van der Waals surface area contributed by atoms with Crippen LogP contribution in [0.25, 0.3) is 0 Å². The Morgan fingerprint density at radius 2 is 1.58 bits per heavy atom. The van der Waals surface area contributed by atoms with E-state index in [1.807, 2.05) is 0 Å². The van der Waals surface area contributed by atoms with E-state index in [1.165, 1.54) is 63.5 Å². The van der Waals surface area contributed by atoms with Gasteiger partial charge in [-0.05, 0) is 92.4 Å². The number of esters is 1. The fourth-order valence-electron chi connectivity index (χ4n) is 6.69. The Morgan fingerprint density at radius 3 is 2.23 bits per heavy atom. The molecule has 3 aliphatic carbocycles. The largest absolute Gasteiger partial charge is 0.426 e. The Labute approximate surface area is 183 Å². The molecule has 4 atom stereocenters. The molecule has 0 saturated heterocycles. The molecule has 1 aromatic carbocycles. The molecule has 0 amide bonds. The minimum Gasteiger partial charge on any atom is -0.426 e. The number of ether oxygens (including phenoxy) is 1. The van der Waals surface area contributed by atoms with Crippen molar-refractivity contribution in [3.63, 3.8) is 0 Å². The summed E-state index contributed by atoms with van der Waals surface area (Å²) in [4.78, 5) is 12.9. The molecule has 1 aromatic rings. The second-order valence-corrected chi connectivity index (χ2v) is 10.2. The van der Waals surface area contributed by atoms with Gasteiger partial charge in [-0.25, -0.2) is 0 Å². The minimum absolute atomic E-state index is 0.113. The normalized spacial score (nSPS) is 34.1. The van der Waals surface area contributed by atoms with Crippen molar-refractivity contribution in [1.29, 1.82) is 0 Å². The zero-order chi connectivity index (χ0) is 22.0. The Kier molecular flexibility index (Phi) is 6.98. The summed E-state index contributed by atoms with van der Waals surface area (Å²) in [7, 11) is 0. The third-order valence-electron chi connectivity index (χ3n) is 8.53. The second kappa shape index (κ2) is 9.54. The smallest absolute Gasteiger partial charge is 0.416 e. The summed E-state index contributed by atoms with van der Waals surface area (Å²) in [5.74, 6) is 3.41. The van der Waals surface area contributed by atoms with Crippen LogP contribution in [0.1, 0.15) is 83.1 Å². The lowest BCUT2D eigenvalue weighted by Crippen LogP contribution is -2.40. The van der Waals surface area contributed by atoms with E-state index in [9.17, 15) is 18.0 Å². The Morgan fingerprint density at radius 1 is 0.903 bits per heavy atom. The third kappa shape index (κ3) is 5.28.